The van der Waals surface area contributed by atoms with Crippen molar-refractivity contribution in [3.63, 3.8) is 0 Å². The molecule has 3 aromatic heterocycles. The van der Waals surface area contributed by atoms with Gasteiger partial charge in [-0.2, -0.15) is 0 Å². The molecule has 0 radical (unpaired) electrons. The summed E-state index contributed by atoms with van der Waals surface area (Å²) >= 11 is 5.47. The summed E-state index contributed by atoms with van der Waals surface area (Å²) in [6.07, 6.45) is 4.12. The van der Waals surface area contributed by atoms with Crippen LogP contribution < -0.4 is 10.7 Å². The lowest BCUT2D eigenvalue weighted by Gasteiger charge is -2.19. The molecule has 0 saturated heterocycles. The number of anilines is 1. The maximum Gasteiger partial charge on any atom is 0.180 e. The Morgan fingerprint density at radius 1 is 1.19 bits per heavy atom. The van der Waals surface area contributed by atoms with Crippen LogP contribution in [-0.4, -0.2) is 46.1 Å². The predicted molar refractivity (Wildman–Crippen MR) is 115 cm³/mol. The van der Waals surface area contributed by atoms with Crippen LogP contribution in [-0.2, 0) is 0 Å². The van der Waals surface area contributed by atoms with Crippen molar-refractivity contribution in [3.8, 4) is 11.5 Å². The van der Waals surface area contributed by atoms with Crippen LogP contribution in [0.25, 0.3) is 22.6 Å². The number of nitrogens with zero attached hydrogens (tertiary/aromatic N) is 4. The van der Waals surface area contributed by atoms with Gasteiger partial charge in [0.05, 0.1) is 11.6 Å². The van der Waals surface area contributed by atoms with Gasteiger partial charge in [-0.15, -0.1) is 0 Å². The highest BCUT2D eigenvalue weighted by Crippen LogP contribution is 2.26. The van der Waals surface area contributed by atoms with Crippen LogP contribution in [0.4, 0.5) is 5.82 Å². The van der Waals surface area contributed by atoms with Gasteiger partial charge in [0.2, 0.25) is 0 Å². The van der Waals surface area contributed by atoms with Gasteiger partial charge in [0, 0.05) is 13.1 Å². The van der Waals surface area contributed by atoms with E-state index in [9.17, 15) is 0 Å². The van der Waals surface area contributed by atoms with Crippen molar-refractivity contribution >= 4 is 47.8 Å². The van der Waals surface area contributed by atoms with Crippen molar-refractivity contribution in [2.45, 2.75) is 38.5 Å². The number of fused-ring (bicyclic) bond motifs is 1. The van der Waals surface area contributed by atoms with Gasteiger partial charge in [-0.05, 0) is 49.3 Å². The molecule has 3 aromatic rings. The summed E-state index contributed by atoms with van der Waals surface area (Å²) in [5, 5.41) is 4.93. The molecule has 6 nitrogen and oxygen atoms in total. The van der Waals surface area contributed by atoms with Crippen molar-refractivity contribution in [2.24, 2.45) is 0 Å². The van der Waals surface area contributed by atoms with Crippen LogP contribution in [0.2, 0.25) is 19.6 Å². The molecule has 3 heterocycles. The maximum absolute atomic E-state index is 6.03. The van der Waals surface area contributed by atoms with Gasteiger partial charge in [0.25, 0.3) is 0 Å². The topological polar surface area (TPSA) is 67.1 Å². The molecule has 0 aromatic carbocycles. The van der Waals surface area contributed by atoms with E-state index >= 15 is 0 Å². The Morgan fingerprint density at radius 2 is 1.96 bits per heavy atom. The van der Waals surface area contributed by atoms with Gasteiger partial charge in [-0.3, -0.25) is 4.98 Å². The van der Waals surface area contributed by atoms with Gasteiger partial charge in [-0.1, -0.05) is 19.6 Å². The lowest BCUT2D eigenvalue weighted by molar-refractivity contribution is 0.503. The first kappa shape index (κ1) is 18.1. The van der Waals surface area contributed by atoms with Gasteiger partial charge in [-0.25, -0.2) is 9.97 Å². The average Bonchev–Trinajstić information content (AvgIpc) is 3.35. The van der Waals surface area contributed by atoms with E-state index in [1.165, 1.54) is 12.8 Å². The number of pyridine rings is 1. The second-order valence-corrected chi connectivity index (χ2v) is 13.4. The van der Waals surface area contributed by atoms with Crippen LogP contribution >= 0.6 is 12.2 Å². The molecule has 0 atom stereocenters. The lowest BCUT2D eigenvalue weighted by atomic mass is 10.3. The minimum atomic E-state index is -1.50. The first-order valence-electron chi connectivity index (χ1n) is 9.09. The van der Waals surface area contributed by atoms with Crippen molar-refractivity contribution in [2.75, 3.05) is 12.4 Å². The smallest absolute Gasteiger partial charge is 0.180 e. The molecule has 27 heavy (non-hydrogen) atoms. The van der Waals surface area contributed by atoms with E-state index in [2.05, 4.69) is 44.8 Å². The Hall–Kier alpha value is -2.32. The lowest BCUT2D eigenvalue weighted by Crippen LogP contribution is -2.36. The Labute approximate surface area is 165 Å². The Bertz CT molecular complexity index is 1010. The molecule has 0 amide bonds. The van der Waals surface area contributed by atoms with Crippen molar-refractivity contribution in [1.29, 1.82) is 0 Å². The molecular formula is C19H23N5OSSi. The quantitative estimate of drug-likeness (QED) is 0.533. The van der Waals surface area contributed by atoms with Crippen LogP contribution in [0.3, 0.4) is 0 Å². The number of aromatic nitrogens is 3. The summed E-state index contributed by atoms with van der Waals surface area (Å²) in [6.45, 7) is 6.76. The van der Waals surface area contributed by atoms with E-state index in [-0.39, 0.29) is 0 Å². The third kappa shape index (κ3) is 3.86. The number of nitrogens with one attached hydrogen (secondary N) is 1. The highest BCUT2D eigenvalue weighted by molar-refractivity contribution is 7.80. The summed E-state index contributed by atoms with van der Waals surface area (Å²) in [7, 11) is 0.512. The molecule has 140 valence electrons. The zero-order valence-corrected chi connectivity index (χ0v) is 17.8. The SMILES string of the molecule is CN(C(=S)Nc1ccc2ncc(-c3ccc([Si](C)(C)C)o3)nc2n1)C1CC1. The maximum atomic E-state index is 6.03. The van der Waals surface area contributed by atoms with Crippen LogP contribution in [0, 0.1) is 0 Å². The van der Waals surface area contributed by atoms with E-state index in [0.29, 0.717) is 28.3 Å². The standard InChI is InChI=1S/C19H23N5OSSi/c1-24(12-5-6-12)19(26)23-16-9-7-13-18(22-16)21-14(11-20-13)15-8-10-17(25-15)27(2,3)4/h7-12H,5-6H2,1-4H3,(H,21,22,23,26). The molecule has 8 heteroatoms. The fraction of sp³-hybridized carbons (Fsp3) is 0.368. The van der Waals surface area contributed by atoms with Crippen molar-refractivity contribution < 1.29 is 4.42 Å². The monoisotopic (exact) mass is 397 g/mol. The fourth-order valence-corrected chi connectivity index (χ4v) is 4.04. The number of hydrogen-bond donors (Lipinski definition) is 1. The summed E-state index contributed by atoms with van der Waals surface area (Å²) in [4.78, 5) is 15.8. The number of rotatable bonds is 4. The fourth-order valence-electron chi connectivity index (χ4n) is 2.79. The van der Waals surface area contributed by atoms with Gasteiger partial charge >= 0.3 is 0 Å². The first-order valence-corrected chi connectivity index (χ1v) is 13.0. The third-order valence-corrected chi connectivity index (χ3v) is 6.79. The number of thiocarbonyl (C=S) groups is 1. The molecule has 0 aliphatic heterocycles. The molecule has 1 aliphatic carbocycles. The first-order chi connectivity index (χ1) is 12.8. The van der Waals surface area contributed by atoms with Gasteiger partial charge < -0.3 is 14.6 Å². The van der Waals surface area contributed by atoms with Gasteiger partial charge in [0.1, 0.15) is 25.1 Å². The zero-order valence-electron chi connectivity index (χ0n) is 16.0. The summed E-state index contributed by atoms with van der Waals surface area (Å²) < 4.78 is 6.03. The molecule has 1 fully saturated rings. The van der Waals surface area contributed by atoms with Crippen LogP contribution in [0.1, 0.15) is 12.8 Å². The van der Waals surface area contributed by atoms with Crippen molar-refractivity contribution in [3.05, 3.63) is 30.5 Å². The minimum absolute atomic E-state index is 0.552. The molecule has 0 unspecified atom stereocenters. The van der Waals surface area contributed by atoms with Gasteiger partial charge in [0.15, 0.2) is 16.5 Å². The minimum Gasteiger partial charge on any atom is -0.465 e. The Kier molecular flexibility index (Phi) is 4.47. The second kappa shape index (κ2) is 6.69. The highest BCUT2D eigenvalue weighted by atomic mass is 32.1. The Morgan fingerprint density at radius 3 is 2.63 bits per heavy atom. The van der Waals surface area contributed by atoms with E-state index in [4.69, 9.17) is 16.6 Å². The van der Waals surface area contributed by atoms with Crippen LogP contribution in [0.5, 0.6) is 0 Å². The predicted octanol–water partition coefficient (Wildman–Crippen LogP) is 3.62. The van der Waals surface area contributed by atoms with E-state index < -0.39 is 8.07 Å². The van der Waals surface area contributed by atoms with Crippen LogP contribution in [0.15, 0.2) is 34.9 Å². The largest absolute Gasteiger partial charge is 0.465 e. The number of furan rings is 1. The van der Waals surface area contributed by atoms with E-state index in [0.717, 1.165) is 16.7 Å². The average molecular weight is 398 g/mol. The molecule has 1 N–H and O–H groups in total. The molecule has 0 bridgehead atoms. The summed E-state index contributed by atoms with van der Waals surface area (Å²) in [6, 6.07) is 8.34. The highest BCUT2D eigenvalue weighted by Gasteiger charge is 2.28. The van der Waals surface area contributed by atoms with Crippen molar-refractivity contribution in [1.82, 2.24) is 19.9 Å². The molecule has 1 saturated carbocycles. The Balaban J connectivity index is 1.61. The van der Waals surface area contributed by atoms with E-state index in [1.807, 2.05) is 31.3 Å². The molecular weight excluding hydrogens is 374 g/mol. The molecule has 4 rings (SSSR count). The summed E-state index contributed by atoms with van der Waals surface area (Å²) in [5.41, 5.74) is 2.00. The number of hydrogen-bond acceptors (Lipinski definition) is 5. The molecule has 0 spiro atoms. The van der Waals surface area contributed by atoms with E-state index in [1.54, 1.807) is 6.20 Å². The summed E-state index contributed by atoms with van der Waals surface area (Å²) in [5.74, 6) is 1.40. The second-order valence-electron chi connectivity index (χ2n) is 7.98. The third-order valence-electron chi connectivity index (χ3n) is 4.65. The zero-order chi connectivity index (χ0) is 19.2. The normalized spacial score (nSPS) is 14.4. The molecule has 1 aliphatic rings.